The van der Waals surface area contributed by atoms with Crippen LogP contribution in [0.15, 0.2) is 36.5 Å². The fourth-order valence-corrected chi connectivity index (χ4v) is 3.42. The second kappa shape index (κ2) is 7.46. The lowest BCUT2D eigenvalue weighted by Gasteiger charge is -2.33. The van der Waals surface area contributed by atoms with Gasteiger partial charge in [-0.25, -0.2) is 13.1 Å². The smallest absolute Gasteiger partial charge is 0.260 e. The van der Waals surface area contributed by atoms with Crippen molar-refractivity contribution < 1.29 is 17.9 Å². The van der Waals surface area contributed by atoms with Crippen LogP contribution in [0.25, 0.3) is 0 Å². The Morgan fingerprint density at radius 1 is 1.35 bits per heavy atom. The van der Waals surface area contributed by atoms with Crippen LogP contribution in [0.2, 0.25) is 0 Å². The molecule has 0 spiro atoms. The van der Waals surface area contributed by atoms with E-state index >= 15 is 0 Å². The summed E-state index contributed by atoms with van der Waals surface area (Å²) in [5.74, 6) is 0.531. The van der Waals surface area contributed by atoms with Crippen molar-refractivity contribution in [2.75, 3.05) is 26.0 Å². The van der Waals surface area contributed by atoms with Crippen LogP contribution in [0.4, 0.5) is 0 Å². The maximum atomic E-state index is 12.6. The SMILES string of the molecule is Cc1ccccc1OCC(=O)N1Cc2ccnn2C(CNS(C)(=O)=O)C1. The zero-order chi connectivity index (χ0) is 18.7. The maximum Gasteiger partial charge on any atom is 0.260 e. The minimum absolute atomic E-state index is 0.0643. The monoisotopic (exact) mass is 378 g/mol. The number of nitrogens with zero attached hydrogens (tertiary/aromatic N) is 3. The first-order chi connectivity index (χ1) is 12.3. The Morgan fingerprint density at radius 3 is 2.85 bits per heavy atom. The van der Waals surface area contributed by atoms with Gasteiger partial charge in [-0.15, -0.1) is 0 Å². The van der Waals surface area contributed by atoms with Crippen molar-refractivity contribution in [2.24, 2.45) is 0 Å². The summed E-state index contributed by atoms with van der Waals surface area (Å²) in [7, 11) is -3.32. The number of amides is 1. The molecule has 0 bridgehead atoms. The number of ether oxygens (including phenoxy) is 1. The summed E-state index contributed by atoms with van der Waals surface area (Å²) in [5.41, 5.74) is 1.83. The summed E-state index contributed by atoms with van der Waals surface area (Å²) in [6.07, 6.45) is 2.76. The van der Waals surface area contributed by atoms with E-state index in [1.54, 1.807) is 15.8 Å². The van der Waals surface area contributed by atoms with Crippen molar-refractivity contribution in [1.82, 2.24) is 19.4 Å². The lowest BCUT2D eigenvalue weighted by atomic mass is 10.2. The average Bonchev–Trinajstić information content (AvgIpc) is 3.06. The maximum absolute atomic E-state index is 12.6. The van der Waals surface area contributed by atoms with E-state index in [4.69, 9.17) is 4.74 Å². The molecule has 0 aliphatic carbocycles. The number of benzene rings is 1. The van der Waals surface area contributed by atoms with Crippen LogP contribution in [0, 0.1) is 6.92 Å². The largest absolute Gasteiger partial charge is 0.484 e. The lowest BCUT2D eigenvalue weighted by molar-refractivity contribution is -0.135. The number of para-hydroxylation sites is 1. The molecule has 0 saturated carbocycles. The molecule has 0 fully saturated rings. The Kier molecular flexibility index (Phi) is 5.28. The number of carbonyl (C=O) groups is 1. The van der Waals surface area contributed by atoms with E-state index in [2.05, 4.69) is 9.82 Å². The number of rotatable bonds is 6. The molecule has 0 radical (unpaired) electrons. The molecule has 26 heavy (non-hydrogen) atoms. The first-order valence-electron chi connectivity index (χ1n) is 8.27. The van der Waals surface area contributed by atoms with Gasteiger partial charge < -0.3 is 9.64 Å². The highest BCUT2D eigenvalue weighted by Gasteiger charge is 2.29. The van der Waals surface area contributed by atoms with Gasteiger partial charge >= 0.3 is 0 Å². The average molecular weight is 378 g/mol. The Labute approximate surface area is 152 Å². The summed E-state index contributed by atoms with van der Waals surface area (Å²) in [6.45, 7) is 2.83. The molecule has 8 nitrogen and oxygen atoms in total. The van der Waals surface area contributed by atoms with E-state index < -0.39 is 10.0 Å². The van der Waals surface area contributed by atoms with Crippen molar-refractivity contribution in [3.63, 3.8) is 0 Å². The van der Waals surface area contributed by atoms with E-state index in [9.17, 15) is 13.2 Å². The Balaban J connectivity index is 1.66. The van der Waals surface area contributed by atoms with E-state index in [-0.39, 0.29) is 25.1 Å². The van der Waals surface area contributed by atoms with E-state index in [1.807, 2.05) is 37.3 Å². The zero-order valence-electron chi connectivity index (χ0n) is 14.8. The van der Waals surface area contributed by atoms with Gasteiger partial charge in [0.15, 0.2) is 6.61 Å². The van der Waals surface area contributed by atoms with E-state index in [1.165, 1.54) is 0 Å². The van der Waals surface area contributed by atoms with Gasteiger partial charge in [-0.3, -0.25) is 9.48 Å². The quantitative estimate of drug-likeness (QED) is 0.799. The van der Waals surface area contributed by atoms with Gasteiger partial charge in [0.1, 0.15) is 5.75 Å². The normalized spacial score (nSPS) is 17.0. The third-order valence-electron chi connectivity index (χ3n) is 4.26. The van der Waals surface area contributed by atoms with Crippen molar-refractivity contribution in [2.45, 2.75) is 19.5 Å². The van der Waals surface area contributed by atoms with Crippen molar-refractivity contribution in [1.29, 1.82) is 0 Å². The summed E-state index contributed by atoms with van der Waals surface area (Å²) in [5, 5.41) is 4.25. The number of aryl methyl sites for hydroxylation is 1. The third-order valence-corrected chi connectivity index (χ3v) is 4.95. The molecule has 1 aliphatic rings. The van der Waals surface area contributed by atoms with Crippen molar-refractivity contribution in [3.8, 4) is 5.75 Å². The third kappa shape index (κ3) is 4.41. The van der Waals surface area contributed by atoms with Gasteiger partial charge in [0.05, 0.1) is 24.5 Å². The highest BCUT2D eigenvalue weighted by Crippen LogP contribution is 2.21. The summed E-state index contributed by atoms with van der Waals surface area (Å²) in [6, 6.07) is 9.09. The molecule has 2 heterocycles. The minimum Gasteiger partial charge on any atom is -0.484 e. The van der Waals surface area contributed by atoms with Crippen LogP contribution in [0.1, 0.15) is 17.3 Å². The van der Waals surface area contributed by atoms with Crippen LogP contribution in [-0.4, -0.2) is 55.0 Å². The van der Waals surface area contributed by atoms with Gasteiger partial charge in [-0.1, -0.05) is 18.2 Å². The molecule has 2 aromatic rings. The number of nitrogens with one attached hydrogen (secondary N) is 1. The number of hydrogen-bond donors (Lipinski definition) is 1. The molecular formula is C17H22N4O4S. The Bertz CT molecular complexity index is 894. The van der Waals surface area contributed by atoms with Gasteiger partial charge in [0.2, 0.25) is 10.0 Å². The van der Waals surface area contributed by atoms with Crippen LogP contribution in [0.5, 0.6) is 5.75 Å². The van der Waals surface area contributed by atoms with Crippen LogP contribution in [0.3, 0.4) is 0 Å². The van der Waals surface area contributed by atoms with Crippen LogP contribution < -0.4 is 9.46 Å². The first-order valence-corrected chi connectivity index (χ1v) is 10.2. The summed E-state index contributed by atoms with van der Waals surface area (Å²) < 4.78 is 32.7. The highest BCUT2D eigenvalue weighted by atomic mass is 32.2. The number of hydrogen-bond acceptors (Lipinski definition) is 5. The standard InChI is InChI=1S/C17H22N4O4S/c1-13-5-3-4-6-16(13)25-12-17(22)20-10-14-7-8-18-21(14)15(11-20)9-19-26(2,23)24/h3-8,15,19H,9-12H2,1-2H3. The second-order valence-electron chi connectivity index (χ2n) is 6.37. The number of sulfonamides is 1. The molecule has 1 atom stereocenters. The summed E-state index contributed by atoms with van der Waals surface area (Å²) >= 11 is 0. The number of fused-ring (bicyclic) bond motifs is 1. The van der Waals surface area contributed by atoms with Gasteiger partial charge in [-0.2, -0.15) is 5.10 Å². The lowest BCUT2D eigenvalue weighted by Crippen LogP contribution is -2.46. The fourth-order valence-electron chi connectivity index (χ4n) is 2.93. The van der Waals surface area contributed by atoms with Crippen molar-refractivity contribution in [3.05, 3.63) is 47.8 Å². The predicted molar refractivity (Wildman–Crippen MR) is 96.2 cm³/mol. The highest BCUT2D eigenvalue weighted by molar-refractivity contribution is 7.88. The molecule has 0 saturated heterocycles. The minimum atomic E-state index is -3.32. The Morgan fingerprint density at radius 2 is 2.12 bits per heavy atom. The van der Waals surface area contributed by atoms with Gasteiger partial charge in [-0.05, 0) is 24.6 Å². The molecule has 1 unspecified atom stereocenters. The number of carbonyl (C=O) groups excluding carboxylic acids is 1. The van der Waals surface area contributed by atoms with Crippen LogP contribution in [-0.2, 0) is 21.4 Å². The van der Waals surface area contributed by atoms with Gasteiger partial charge in [0.25, 0.3) is 5.91 Å². The molecule has 1 N–H and O–H groups in total. The molecule has 140 valence electrons. The first kappa shape index (κ1) is 18.4. The van der Waals surface area contributed by atoms with E-state index in [0.717, 1.165) is 17.5 Å². The Hall–Kier alpha value is -2.39. The zero-order valence-corrected chi connectivity index (χ0v) is 15.6. The predicted octanol–water partition coefficient (Wildman–Crippen LogP) is 0.703. The summed E-state index contributed by atoms with van der Waals surface area (Å²) in [4.78, 5) is 14.3. The molecule has 1 aromatic carbocycles. The number of aromatic nitrogens is 2. The molecule has 1 aromatic heterocycles. The topological polar surface area (TPSA) is 93.5 Å². The van der Waals surface area contributed by atoms with Gasteiger partial charge in [0, 0.05) is 19.3 Å². The van der Waals surface area contributed by atoms with Crippen molar-refractivity contribution >= 4 is 15.9 Å². The van der Waals surface area contributed by atoms with E-state index in [0.29, 0.717) is 18.8 Å². The molecule has 3 rings (SSSR count). The fraction of sp³-hybridized carbons (Fsp3) is 0.412. The molecular weight excluding hydrogens is 356 g/mol. The molecule has 9 heteroatoms. The second-order valence-corrected chi connectivity index (χ2v) is 8.20. The molecule has 1 amide bonds. The van der Waals surface area contributed by atoms with Crippen LogP contribution >= 0.6 is 0 Å². The molecule has 1 aliphatic heterocycles.